The van der Waals surface area contributed by atoms with Gasteiger partial charge in [0, 0.05) is 24.8 Å². The maximum atomic E-state index is 13.3. The van der Waals surface area contributed by atoms with Crippen LogP contribution in [0.15, 0.2) is 34.9 Å². The van der Waals surface area contributed by atoms with E-state index in [0.29, 0.717) is 17.8 Å². The molecule has 0 bridgehead atoms. The second-order valence-corrected chi connectivity index (χ2v) is 4.17. The topological polar surface area (TPSA) is 40.2 Å². The van der Waals surface area contributed by atoms with Gasteiger partial charge in [0.25, 0.3) is 0 Å². The normalized spacial score (nSPS) is 10.1. The van der Waals surface area contributed by atoms with Crippen molar-refractivity contribution in [2.45, 2.75) is 13.5 Å². The largest absolute Gasteiger partial charge is 0.469 e. The van der Waals surface area contributed by atoms with Crippen molar-refractivity contribution >= 4 is 5.69 Å². The number of halogens is 1. The third-order valence-corrected chi connectivity index (χ3v) is 2.83. The summed E-state index contributed by atoms with van der Waals surface area (Å²) in [5.41, 5.74) is 2.04. The molecule has 4 heteroatoms. The van der Waals surface area contributed by atoms with E-state index in [0.717, 1.165) is 11.3 Å². The van der Waals surface area contributed by atoms with Crippen LogP contribution < -0.4 is 4.90 Å². The Bertz CT molecular complexity index is 598. The molecule has 0 aliphatic rings. The Kier molecular flexibility index (Phi) is 3.33. The average molecular weight is 244 g/mol. The van der Waals surface area contributed by atoms with Gasteiger partial charge in [0.2, 0.25) is 0 Å². The third kappa shape index (κ3) is 2.51. The zero-order valence-electron chi connectivity index (χ0n) is 10.3. The molecule has 92 valence electrons. The number of nitrogens with zero attached hydrogens (tertiary/aromatic N) is 2. The molecule has 0 N–H and O–H groups in total. The molecule has 1 heterocycles. The van der Waals surface area contributed by atoms with Crippen molar-refractivity contribution in [3.63, 3.8) is 0 Å². The fourth-order valence-electron chi connectivity index (χ4n) is 1.78. The van der Waals surface area contributed by atoms with Crippen molar-refractivity contribution < 1.29 is 8.81 Å². The highest BCUT2D eigenvalue weighted by Crippen LogP contribution is 2.20. The van der Waals surface area contributed by atoms with Crippen molar-refractivity contribution in [3.8, 4) is 6.07 Å². The quantitative estimate of drug-likeness (QED) is 0.832. The van der Waals surface area contributed by atoms with Crippen molar-refractivity contribution in [2.75, 3.05) is 11.9 Å². The molecule has 0 amide bonds. The van der Waals surface area contributed by atoms with Gasteiger partial charge in [0.1, 0.15) is 11.6 Å². The van der Waals surface area contributed by atoms with E-state index in [1.165, 1.54) is 12.1 Å². The smallest absolute Gasteiger partial charge is 0.126 e. The summed E-state index contributed by atoms with van der Waals surface area (Å²) in [4.78, 5) is 1.88. The summed E-state index contributed by atoms with van der Waals surface area (Å²) in [5.74, 6) is 0.443. The highest BCUT2D eigenvalue weighted by Gasteiger charge is 2.08. The van der Waals surface area contributed by atoms with Crippen molar-refractivity contribution in [1.82, 2.24) is 0 Å². The van der Waals surface area contributed by atoms with E-state index >= 15 is 0 Å². The fraction of sp³-hybridized carbons (Fsp3) is 0.214. The van der Waals surface area contributed by atoms with E-state index in [2.05, 4.69) is 0 Å². The van der Waals surface area contributed by atoms with Crippen LogP contribution in [0.2, 0.25) is 0 Å². The van der Waals surface area contributed by atoms with Gasteiger partial charge in [-0.15, -0.1) is 0 Å². The first-order valence-corrected chi connectivity index (χ1v) is 5.55. The van der Waals surface area contributed by atoms with Crippen LogP contribution in [-0.4, -0.2) is 7.05 Å². The minimum atomic E-state index is -0.403. The standard InChI is InChI=1S/C14H13FN2O/c1-10-12(3-4-18-10)9-17(2)14-6-11(8-16)5-13(15)7-14/h3-7H,9H2,1-2H3. The molecule has 0 aliphatic carbocycles. The molecule has 0 unspecified atom stereocenters. The number of rotatable bonds is 3. The van der Waals surface area contributed by atoms with Crippen LogP contribution in [0.1, 0.15) is 16.9 Å². The summed E-state index contributed by atoms with van der Waals surface area (Å²) >= 11 is 0. The summed E-state index contributed by atoms with van der Waals surface area (Å²) in [6.07, 6.45) is 1.63. The minimum absolute atomic E-state index is 0.320. The van der Waals surface area contributed by atoms with Crippen LogP contribution in [0.4, 0.5) is 10.1 Å². The summed E-state index contributed by atoms with van der Waals surface area (Å²) in [6.45, 7) is 2.49. The molecule has 0 fully saturated rings. The van der Waals surface area contributed by atoms with E-state index < -0.39 is 5.82 Å². The summed E-state index contributed by atoms with van der Waals surface area (Å²) in [6, 6.07) is 8.13. The summed E-state index contributed by atoms with van der Waals surface area (Å²) in [5, 5.41) is 8.82. The van der Waals surface area contributed by atoms with Gasteiger partial charge in [-0.3, -0.25) is 0 Å². The summed E-state index contributed by atoms with van der Waals surface area (Å²) in [7, 11) is 1.85. The monoisotopic (exact) mass is 244 g/mol. The Hall–Kier alpha value is -2.28. The predicted octanol–water partition coefficient (Wildman–Crippen LogP) is 3.24. The Balaban J connectivity index is 2.24. The van der Waals surface area contributed by atoms with Gasteiger partial charge in [-0.1, -0.05) is 0 Å². The van der Waals surface area contributed by atoms with E-state index in [4.69, 9.17) is 9.68 Å². The zero-order chi connectivity index (χ0) is 13.1. The summed E-state index contributed by atoms with van der Waals surface area (Å²) < 4.78 is 18.6. The molecule has 3 nitrogen and oxygen atoms in total. The molecule has 0 aliphatic heterocycles. The van der Waals surface area contributed by atoms with Crippen molar-refractivity contribution in [1.29, 1.82) is 5.26 Å². The number of benzene rings is 1. The molecule has 0 spiro atoms. The number of hydrogen-bond acceptors (Lipinski definition) is 3. The molecular formula is C14H13FN2O. The fourth-order valence-corrected chi connectivity index (χ4v) is 1.78. The highest BCUT2D eigenvalue weighted by atomic mass is 19.1. The van der Waals surface area contributed by atoms with E-state index in [1.807, 2.05) is 31.0 Å². The van der Waals surface area contributed by atoms with E-state index in [1.54, 1.807) is 12.3 Å². The zero-order valence-corrected chi connectivity index (χ0v) is 10.3. The lowest BCUT2D eigenvalue weighted by molar-refractivity contribution is 0.529. The number of nitriles is 1. The third-order valence-electron chi connectivity index (χ3n) is 2.83. The Morgan fingerprint density at radius 2 is 2.17 bits per heavy atom. The maximum absolute atomic E-state index is 13.3. The molecular weight excluding hydrogens is 231 g/mol. The van der Waals surface area contributed by atoms with Gasteiger partial charge in [0.15, 0.2) is 0 Å². The lowest BCUT2D eigenvalue weighted by Gasteiger charge is -2.19. The number of aryl methyl sites for hydroxylation is 1. The van der Waals surface area contributed by atoms with Gasteiger partial charge < -0.3 is 9.32 Å². The second kappa shape index (κ2) is 4.92. The maximum Gasteiger partial charge on any atom is 0.126 e. The molecule has 0 saturated carbocycles. The van der Waals surface area contributed by atoms with Crippen molar-refractivity contribution in [2.24, 2.45) is 0 Å². The van der Waals surface area contributed by atoms with Crippen LogP contribution in [0.5, 0.6) is 0 Å². The Labute approximate surface area is 105 Å². The molecule has 18 heavy (non-hydrogen) atoms. The van der Waals surface area contributed by atoms with Crippen LogP contribution in [-0.2, 0) is 6.54 Å². The first-order valence-electron chi connectivity index (χ1n) is 5.55. The Morgan fingerprint density at radius 3 is 2.78 bits per heavy atom. The molecule has 0 saturated heterocycles. The number of furan rings is 1. The second-order valence-electron chi connectivity index (χ2n) is 4.17. The van der Waals surface area contributed by atoms with Crippen molar-refractivity contribution in [3.05, 3.63) is 53.2 Å². The predicted molar refractivity (Wildman–Crippen MR) is 66.7 cm³/mol. The van der Waals surface area contributed by atoms with Crippen LogP contribution in [0.25, 0.3) is 0 Å². The molecule has 0 radical (unpaired) electrons. The van der Waals surface area contributed by atoms with Crippen LogP contribution in [0.3, 0.4) is 0 Å². The van der Waals surface area contributed by atoms with Crippen LogP contribution >= 0.6 is 0 Å². The highest BCUT2D eigenvalue weighted by molar-refractivity contribution is 5.51. The molecule has 0 atom stereocenters. The van der Waals surface area contributed by atoms with E-state index in [9.17, 15) is 4.39 Å². The van der Waals surface area contributed by atoms with Gasteiger partial charge >= 0.3 is 0 Å². The molecule has 1 aromatic heterocycles. The number of hydrogen-bond donors (Lipinski definition) is 0. The van der Waals surface area contributed by atoms with Gasteiger partial charge in [-0.2, -0.15) is 5.26 Å². The lowest BCUT2D eigenvalue weighted by Crippen LogP contribution is -2.16. The van der Waals surface area contributed by atoms with E-state index in [-0.39, 0.29) is 0 Å². The number of anilines is 1. The molecule has 2 rings (SSSR count). The van der Waals surface area contributed by atoms with Gasteiger partial charge in [0.05, 0.1) is 17.9 Å². The lowest BCUT2D eigenvalue weighted by atomic mass is 10.2. The SMILES string of the molecule is Cc1occc1CN(C)c1cc(F)cc(C#N)c1. The molecule has 2 aromatic rings. The van der Waals surface area contributed by atoms with Gasteiger partial charge in [-0.05, 0) is 31.2 Å². The van der Waals surface area contributed by atoms with Crippen LogP contribution in [0, 0.1) is 24.1 Å². The first-order chi connectivity index (χ1) is 8.60. The average Bonchev–Trinajstić information content (AvgIpc) is 2.74. The molecule has 1 aromatic carbocycles. The van der Waals surface area contributed by atoms with Gasteiger partial charge in [-0.25, -0.2) is 4.39 Å². The minimum Gasteiger partial charge on any atom is -0.469 e. The first kappa shape index (κ1) is 12.2. The Morgan fingerprint density at radius 1 is 1.39 bits per heavy atom.